The maximum Gasteiger partial charge on any atom is 0.269 e. The minimum atomic E-state index is -0.425. The summed E-state index contributed by atoms with van der Waals surface area (Å²) in [6, 6.07) is 11.8. The van der Waals surface area contributed by atoms with Crippen LogP contribution in [0.2, 0.25) is 0 Å². The van der Waals surface area contributed by atoms with Crippen LogP contribution in [0.15, 0.2) is 53.1 Å². The highest BCUT2D eigenvalue weighted by Gasteiger charge is 2.13. The lowest BCUT2D eigenvalue weighted by molar-refractivity contribution is -0.384. The molecule has 0 fully saturated rings. The van der Waals surface area contributed by atoms with Crippen LogP contribution in [-0.4, -0.2) is 14.7 Å². The zero-order valence-electron chi connectivity index (χ0n) is 10.7. The Morgan fingerprint density at radius 3 is 2.60 bits per heavy atom. The van der Waals surface area contributed by atoms with Gasteiger partial charge in [-0.25, -0.2) is 4.68 Å². The lowest BCUT2D eigenvalue weighted by Crippen LogP contribution is -1.99. The molecule has 3 aromatic rings. The Bertz CT molecular complexity index is 743. The average Bonchev–Trinajstić information content (AvgIpc) is 3.07. The zero-order valence-corrected chi connectivity index (χ0v) is 10.7. The second kappa shape index (κ2) is 4.65. The Balaban J connectivity index is 2.08. The van der Waals surface area contributed by atoms with Crippen LogP contribution in [0, 0.1) is 17.0 Å². The molecule has 6 heteroatoms. The molecule has 0 radical (unpaired) electrons. The van der Waals surface area contributed by atoms with Gasteiger partial charge in [0.05, 0.1) is 22.6 Å². The van der Waals surface area contributed by atoms with Gasteiger partial charge in [0.2, 0.25) is 0 Å². The Hall–Kier alpha value is -2.89. The number of hydrogen-bond donors (Lipinski definition) is 0. The first kappa shape index (κ1) is 12.2. The maximum absolute atomic E-state index is 10.7. The quantitative estimate of drug-likeness (QED) is 0.539. The largest absolute Gasteiger partial charge is 0.463 e. The van der Waals surface area contributed by atoms with E-state index in [0.717, 1.165) is 17.1 Å². The molecule has 0 aliphatic heterocycles. The molecule has 0 N–H and O–H groups in total. The molecule has 0 saturated heterocycles. The number of nitro benzene ring substituents is 1. The zero-order chi connectivity index (χ0) is 14.1. The van der Waals surface area contributed by atoms with Crippen LogP contribution >= 0.6 is 0 Å². The van der Waals surface area contributed by atoms with Gasteiger partial charge in [-0.1, -0.05) is 0 Å². The number of nitrogens with zero attached hydrogens (tertiary/aromatic N) is 3. The lowest BCUT2D eigenvalue weighted by atomic mass is 10.2. The van der Waals surface area contributed by atoms with Crippen molar-refractivity contribution in [2.24, 2.45) is 0 Å². The molecule has 1 aromatic carbocycles. The van der Waals surface area contributed by atoms with Gasteiger partial charge in [-0.2, -0.15) is 5.10 Å². The Morgan fingerprint density at radius 2 is 2.00 bits per heavy atom. The monoisotopic (exact) mass is 269 g/mol. The highest BCUT2D eigenvalue weighted by Crippen LogP contribution is 2.25. The van der Waals surface area contributed by atoms with Crippen LogP contribution in [-0.2, 0) is 0 Å². The summed E-state index contributed by atoms with van der Waals surface area (Å²) in [5, 5.41) is 15.1. The highest BCUT2D eigenvalue weighted by atomic mass is 16.6. The summed E-state index contributed by atoms with van der Waals surface area (Å²) in [6.45, 7) is 1.88. The topological polar surface area (TPSA) is 74.1 Å². The van der Waals surface area contributed by atoms with Crippen LogP contribution < -0.4 is 0 Å². The van der Waals surface area contributed by atoms with Crippen LogP contribution in [0.1, 0.15) is 5.69 Å². The molecule has 0 unspecified atom stereocenters. The molecule has 2 aromatic heterocycles. The summed E-state index contributed by atoms with van der Waals surface area (Å²) in [6.07, 6.45) is 1.60. The fraction of sp³-hybridized carbons (Fsp3) is 0.0714. The number of nitro groups is 1. The Kier molecular flexibility index (Phi) is 2.83. The predicted octanol–water partition coefficient (Wildman–Crippen LogP) is 3.35. The molecule has 0 saturated carbocycles. The van der Waals surface area contributed by atoms with Crippen molar-refractivity contribution in [3.8, 4) is 17.1 Å². The molecule has 20 heavy (non-hydrogen) atoms. The number of non-ortho nitro benzene ring substituents is 1. The number of aryl methyl sites for hydroxylation is 1. The summed E-state index contributed by atoms with van der Waals surface area (Å²) in [5.74, 6) is 0.698. The number of benzene rings is 1. The first-order valence-electron chi connectivity index (χ1n) is 6.00. The lowest BCUT2D eigenvalue weighted by Gasteiger charge is -2.05. The highest BCUT2D eigenvalue weighted by molar-refractivity contribution is 5.57. The molecule has 0 aliphatic carbocycles. The van der Waals surface area contributed by atoms with Gasteiger partial charge < -0.3 is 4.42 Å². The fourth-order valence-corrected chi connectivity index (χ4v) is 2.01. The SMILES string of the molecule is Cc1cc(-c2ccco2)n(-c2ccc([N+](=O)[O-])cc2)n1. The summed E-state index contributed by atoms with van der Waals surface area (Å²) < 4.78 is 7.09. The summed E-state index contributed by atoms with van der Waals surface area (Å²) in [7, 11) is 0. The standard InChI is InChI=1S/C14H11N3O3/c1-10-9-13(14-3-2-8-20-14)16(15-10)11-4-6-12(7-5-11)17(18)19/h2-9H,1H3. The van der Waals surface area contributed by atoms with Crippen LogP contribution in [0.5, 0.6) is 0 Å². The van der Waals surface area contributed by atoms with E-state index in [1.54, 1.807) is 29.1 Å². The van der Waals surface area contributed by atoms with E-state index in [2.05, 4.69) is 5.10 Å². The minimum absolute atomic E-state index is 0.0529. The number of aromatic nitrogens is 2. The van der Waals surface area contributed by atoms with E-state index in [9.17, 15) is 10.1 Å². The molecular formula is C14H11N3O3. The van der Waals surface area contributed by atoms with Crippen molar-refractivity contribution in [3.05, 3.63) is 64.5 Å². The Labute approximate surface area is 114 Å². The maximum atomic E-state index is 10.7. The van der Waals surface area contributed by atoms with Crippen LogP contribution in [0.3, 0.4) is 0 Å². The molecule has 100 valence electrons. The first-order valence-corrected chi connectivity index (χ1v) is 6.00. The van der Waals surface area contributed by atoms with Gasteiger partial charge >= 0.3 is 0 Å². The van der Waals surface area contributed by atoms with Crippen molar-refractivity contribution in [1.82, 2.24) is 9.78 Å². The number of rotatable bonds is 3. The molecule has 0 bridgehead atoms. The number of hydrogen-bond acceptors (Lipinski definition) is 4. The van der Waals surface area contributed by atoms with Crippen molar-refractivity contribution >= 4 is 5.69 Å². The van der Waals surface area contributed by atoms with E-state index in [1.165, 1.54) is 12.1 Å². The van der Waals surface area contributed by atoms with Crippen molar-refractivity contribution < 1.29 is 9.34 Å². The van der Waals surface area contributed by atoms with Gasteiger partial charge in [0.15, 0.2) is 5.76 Å². The third-order valence-electron chi connectivity index (χ3n) is 2.91. The van der Waals surface area contributed by atoms with Crippen molar-refractivity contribution in [2.75, 3.05) is 0 Å². The van der Waals surface area contributed by atoms with E-state index in [4.69, 9.17) is 4.42 Å². The minimum Gasteiger partial charge on any atom is -0.463 e. The van der Waals surface area contributed by atoms with Crippen molar-refractivity contribution in [2.45, 2.75) is 6.92 Å². The first-order chi connectivity index (χ1) is 9.65. The second-order valence-corrected chi connectivity index (χ2v) is 4.33. The van der Waals surface area contributed by atoms with E-state index in [0.29, 0.717) is 5.76 Å². The van der Waals surface area contributed by atoms with Gasteiger partial charge in [0.25, 0.3) is 5.69 Å². The van der Waals surface area contributed by atoms with E-state index < -0.39 is 4.92 Å². The van der Waals surface area contributed by atoms with E-state index in [-0.39, 0.29) is 5.69 Å². The predicted molar refractivity (Wildman–Crippen MR) is 72.7 cm³/mol. The van der Waals surface area contributed by atoms with Gasteiger partial charge in [0, 0.05) is 12.1 Å². The van der Waals surface area contributed by atoms with Crippen molar-refractivity contribution in [3.63, 3.8) is 0 Å². The van der Waals surface area contributed by atoms with E-state index >= 15 is 0 Å². The van der Waals surface area contributed by atoms with Crippen molar-refractivity contribution in [1.29, 1.82) is 0 Å². The molecular weight excluding hydrogens is 258 g/mol. The average molecular weight is 269 g/mol. The fourth-order valence-electron chi connectivity index (χ4n) is 2.01. The summed E-state index contributed by atoms with van der Waals surface area (Å²) in [4.78, 5) is 10.2. The molecule has 0 aliphatic rings. The molecule has 0 amide bonds. The van der Waals surface area contributed by atoms with Gasteiger partial charge in [-0.15, -0.1) is 0 Å². The molecule has 3 rings (SSSR count). The van der Waals surface area contributed by atoms with Gasteiger partial charge in [-0.3, -0.25) is 10.1 Å². The molecule has 6 nitrogen and oxygen atoms in total. The number of furan rings is 1. The second-order valence-electron chi connectivity index (χ2n) is 4.33. The van der Waals surface area contributed by atoms with Crippen LogP contribution in [0.25, 0.3) is 17.1 Å². The molecule has 0 spiro atoms. The third-order valence-corrected chi connectivity index (χ3v) is 2.91. The molecule has 0 atom stereocenters. The third kappa shape index (κ3) is 2.07. The molecule has 2 heterocycles. The van der Waals surface area contributed by atoms with Gasteiger partial charge in [-0.05, 0) is 37.3 Å². The summed E-state index contributed by atoms with van der Waals surface area (Å²) >= 11 is 0. The summed E-state index contributed by atoms with van der Waals surface area (Å²) in [5.41, 5.74) is 2.45. The van der Waals surface area contributed by atoms with Gasteiger partial charge in [0.1, 0.15) is 5.69 Å². The van der Waals surface area contributed by atoms with E-state index in [1.807, 2.05) is 19.1 Å². The normalized spacial score (nSPS) is 10.7. The smallest absolute Gasteiger partial charge is 0.269 e. The van der Waals surface area contributed by atoms with Crippen LogP contribution in [0.4, 0.5) is 5.69 Å². The Morgan fingerprint density at radius 1 is 1.25 bits per heavy atom.